The minimum absolute atomic E-state index is 0.657. The standard InChI is InChI=1S/C14H11ClN2S/c1-18-14-7-3-6-13(12(14)9-16)17-11-5-2-4-10(15)8-11/h2-8,17H,1H3. The van der Waals surface area contributed by atoms with Gasteiger partial charge < -0.3 is 5.32 Å². The molecule has 0 amide bonds. The molecule has 1 N–H and O–H groups in total. The van der Waals surface area contributed by atoms with E-state index in [1.54, 1.807) is 11.8 Å². The lowest BCUT2D eigenvalue weighted by atomic mass is 10.2. The van der Waals surface area contributed by atoms with Crippen LogP contribution in [0.25, 0.3) is 0 Å². The van der Waals surface area contributed by atoms with Crippen LogP contribution in [-0.4, -0.2) is 6.26 Å². The van der Waals surface area contributed by atoms with Crippen LogP contribution in [0.1, 0.15) is 5.56 Å². The van der Waals surface area contributed by atoms with Crippen LogP contribution in [0.3, 0.4) is 0 Å². The zero-order valence-corrected chi connectivity index (χ0v) is 11.3. The molecule has 4 heteroatoms. The summed E-state index contributed by atoms with van der Waals surface area (Å²) in [7, 11) is 0. The topological polar surface area (TPSA) is 35.8 Å². The Kier molecular flexibility index (Phi) is 4.14. The van der Waals surface area contributed by atoms with Crippen molar-refractivity contribution in [1.29, 1.82) is 5.26 Å². The monoisotopic (exact) mass is 274 g/mol. The van der Waals surface area contributed by atoms with E-state index in [0.29, 0.717) is 10.6 Å². The molecule has 0 aliphatic carbocycles. The average Bonchev–Trinajstić information content (AvgIpc) is 2.38. The summed E-state index contributed by atoms with van der Waals surface area (Å²) in [6.07, 6.45) is 1.96. The van der Waals surface area contributed by atoms with E-state index in [2.05, 4.69) is 11.4 Å². The van der Waals surface area contributed by atoms with Crippen molar-refractivity contribution in [2.24, 2.45) is 0 Å². The van der Waals surface area contributed by atoms with Crippen LogP contribution in [0.2, 0.25) is 5.02 Å². The van der Waals surface area contributed by atoms with Crippen molar-refractivity contribution in [2.75, 3.05) is 11.6 Å². The highest BCUT2D eigenvalue weighted by molar-refractivity contribution is 7.98. The van der Waals surface area contributed by atoms with Crippen LogP contribution < -0.4 is 5.32 Å². The molecule has 2 aromatic rings. The fraction of sp³-hybridized carbons (Fsp3) is 0.0714. The van der Waals surface area contributed by atoms with E-state index in [9.17, 15) is 5.26 Å². The minimum Gasteiger partial charge on any atom is -0.354 e. The molecule has 0 aliphatic rings. The van der Waals surface area contributed by atoms with Gasteiger partial charge in [0.15, 0.2) is 0 Å². The molecular formula is C14H11ClN2S. The zero-order chi connectivity index (χ0) is 13.0. The summed E-state index contributed by atoms with van der Waals surface area (Å²) in [6, 6.07) is 15.4. The molecule has 2 nitrogen and oxygen atoms in total. The van der Waals surface area contributed by atoms with Gasteiger partial charge in [-0.1, -0.05) is 23.7 Å². The highest BCUT2D eigenvalue weighted by Crippen LogP contribution is 2.29. The molecule has 0 fully saturated rings. The molecule has 90 valence electrons. The molecule has 0 saturated carbocycles. The van der Waals surface area contributed by atoms with Gasteiger partial charge in [-0.3, -0.25) is 0 Å². The first kappa shape index (κ1) is 12.8. The number of hydrogen-bond acceptors (Lipinski definition) is 3. The molecule has 0 aromatic heterocycles. The first-order valence-corrected chi connectivity index (χ1v) is 6.94. The van der Waals surface area contributed by atoms with Gasteiger partial charge in [0.25, 0.3) is 0 Å². The Morgan fingerprint density at radius 3 is 2.67 bits per heavy atom. The number of rotatable bonds is 3. The van der Waals surface area contributed by atoms with Gasteiger partial charge in [-0.15, -0.1) is 11.8 Å². The Hall–Kier alpha value is -1.63. The van der Waals surface area contributed by atoms with Gasteiger partial charge >= 0.3 is 0 Å². The molecule has 0 spiro atoms. The lowest BCUT2D eigenvalue weighted by molar-refractivity contribution is 1.36. The van der Waals surface area contributed by atoms with Crippen molar-refractivity contribution in [1.82, 2.24) is 0 Å². The molecule has 18 heavy (non-hydrogen) atoms. The largest absolute Gasteiger partial charge is 0.354 e. The van der Waals surface area contributed by atoms with E-state index in [4.69, 9.17) is 11.6 Å². The quantitative estimate of drug-likeness (QED) is 0.826. The second-order valence-corrected chi connectivity index (χ2v) is 4.91. The maximum atomic E-state index is 9.23. The predicted molar refractivity (Wildman–Crippen MR) is 77.7 cm³/mol. The highest BCUT2D eigenvalue weighted by Gasteiger charge is 2.07. The summed E-state index contributed by atoms with van der Waals surface area (Å²) in [6.45, 7) is 0. The molecule has 2 aromatic carbocycles. The van der Waals surface area contributed by atoms with Crippen LogP contribution in [0.4, 0.5) is 11.4 Å². The van der Waals surface area contributed by atoms with E-state index in [1.165, 1.54) is 0 Å². The third kappa shape index (κ3) is 2.79. The second-order valence-electron chi connectivity index (χ2n) is 3.63. The SMILES string of the molecule is CSc1cccc(Nc2cccc(Cl)c2)c1C#N. The Balaban J connectivity index is 2.38. The Labute approximate surface area is 116 Å². The van der Waals surface area contributed by atoms with Crippen molar-refractivity contribution in [2.45, 2.75) is 4.90 Å². The van der Waals surface area contributed by atoms with E-state index in [-0.39, 0.29) is 0 Å². The first-order chi connectivity index (χ1) is 8.74. The van der Waals surface area contributed by atoms with Crippen molar-refractivity contribution >= 4 is 34.7 Å². The second kappa shape index (κ2) is 5.81. The van der Waals surface area contributed by atoms with Crippen molar-refractivity contribution in [3.63, 3.8) is 0 Å². The molecule has 0 radical (unpaired) electrons. The van der Waals surface area contributed by atoms with E-state index in [0.717, 1.165) is 16.3 Å². The number of nitrogens with zero attached hydrogens (tertiary/aromatic N) is 1. The smallest absolute Gasteiger partial charge is 0.103 e. The summed E-state index contributed by atoms with van der Waals surface area (Å²) < 4.78 is 0. The number of nitrogens with one attached hydrogen (secondary N) is 1. The van der Waals surface area contributed by atoms with Gasteiger partial charge in [0, 0.05) is 15.6 Å². The van der Waals surface area contributed by atoms with Crippen molar-refractivity contribution in [3.8, 4) is 6.07 Å². The summed E-state index contributed by atoms with van der Waals surface area (Å²) in [5.74, 6) is 0. The molecule has 0 unspecified atom stereocenters. The molecule has 0 heterocycles. The van der Waals surface area contributed by atoms with Crippen LogP contribution in [0, 0.1) is 11.3 Å². The summed E-state index contributed by atoms with van der Waals surface area (Å²) in [4.78, 5) is 0.963. The van der Waals surface area contributed by atoms with E-state index >= 15 is 0 Å². The van der Waals surface area contributed by atoms with Crippen LogP contribution >= 0.6 is 23.4 Å². The lowest BCUT2D eigenvalue weighted by Gasteiger charge is -2.10. The predicted octanol–water partition coefficient (Wildman–Crippen LogP) is 4.68. The fourth-order valence-electron chi connectivity index (χ4n) is 1.64. The molecule has 0 atom stereocenters. The van der Waals surface area contributed by atoms with Gasteiger partial charge in [0.05, 0.1) is 11.3 Å². The Bertz CT molecular complexity index is 605. The third-order valence-electron chi connectivity index (χ3n) is 2.46. The number of thioether (sulfide) groups is 1. The number of hydrogen-bond donors (Lipinski definition) is 1. The highest BCUT2D eigenvalue weighted by atomic mass is 35.5. The summed E-state index contributed by atoms with van der Waals surface area (Å²) in [5.41, 5.74) is 2.33. The van der Waals surface area contributed by atoms with Crippen molar-refractivity contribution in [3.05, 3.63) is 53.1 Å². The third-order valence-corrected chi connectivity index (χ3v) is 3.48. The van der Waals surface area contributed by atoms with Crippen LogP contribution in [0.5, 0.6) is 0 Å². The normalized spacial score (nSPS) is 9.83. The molecule has 0 bridgehead atoms. The van der Waals surface area contributed by atoms with Gasteiger partial charge in [-0.2, -0.15) is 5.26 Å². The fourth-order valence-corrected chi connectivity index (χ4v) is 2.41. The van der Waals surface area contributed by atoms with Crippen molar-refractivity contribution < 1.29 is 0 Å². The van der Waals surface area contributed by atoms with Crippen LogP contribution in [-0.2, 0) is 0 Å². The van der Waals surface area contributed by atoms with Gasteiger partial charge in [0.1, 0.15) is 6.07 Å². The number of benzene rings is 2. The van der Waals surface area contributed by atoms with Gasteiger partial charge in [0.2, 0.25) is 0 Å². The minimum atomic E-state index is 0.657. The summed E-state index contributed by atoms with van der Waals surface area (Å²) in [5, 5.41) is 13.1. The first-order valence-electron chi connectivity index (χ1n) is 5.34. The molecule has 0 aliphatic heterocycles. The molecule has 2 rings (SSSR count). The van der Waals surface area contributed by atoms with Gasteiger partial charge in [-0.05, 0) is 36.6 Å². The number of anilines is 2. The summed E-state index contributed by atoms with van der Waals surface area (Å²) >= 11 is 7.49. The Morgan fingerprint density at radius 2 is 2.00 bits per heavy atom. The molecular weight excluding hydrogens is 264 g/mol. The maximum Gasteiger partial charge on any atom is 0.103 e. The van der Waals surface area contributed by atoms with E-state index in [1.807, 2.05) is 48.7 Å². The zero-order valence-electron chi connectivity index (χ0n) is 9.77. The maximum absolute atomic E-state index is 9.23. The van der Waals surface area contributed by atoms with Crippen LogP contribution in [0.15, 0.2) is 47.4 Å². The van der Waals surface area contributed by atoms with Gasteiger partial charge in [-0.25, -0.2) is 0 Å². The van der Waals surface area contributed by atoms with E-state index < -0.39 is 0 Å². The number of nitriles is 1. The number of halogens is 1. The Morgan fingerprint density at radius 1 is 1.22 bits per heavy atom. The average molecular weight is 275 g/mol. The lowest BCUT2D eigenvalue weighted by Crippen LogP contribution is -1.94. The molecule has 0 saturated heterocycles.